The van der Waals surface area contributed by atoms with E-state index in [1.807, 2.05) is 49.4 Å². The number of hydrogen-bond donors (Lipinski definition) is 1. The second kappa shape index (κ2) is 7.93. The molecule has 138 valence electrons. The predicted molar refractivity (Wildman–Crippen MR) is 103 cm³/mol. The maximum Gasteiger partial charge on any atom is 0.234 e. The van der Waals surface area contributed by atoms with Crippen LogP contribution >= 0.6 is 0 Å². The van der Waals surface area contributed by atoms with Crippen molar-refractivity contribution in [2.75, 3.05) is 13.2 Å². The number of nitrogens with one attached hydrogen (secondary N) is 1. The van der Waals surface area contributed by atoms with Gasteiger partial charge in [0.1, 0.15) is 0 Å². The lowest BCUT2D eigenvalue weighted by Crippen LogP contribution is -2.24. The zero-order chi connectivity index (χ0) is 18.6. The number of rotatable bonds is 5. The fourth-order valence-electron chi connectivity index (χ4n) is 2.65. The Morgan fingerprint density at radius 2 is 1.73 bits per heavy atom. The van der Waals surface area contributed by atoms with Crippen molar-refractivity contribution in [3.63, 3.8) is 0 Å². The largest absolute Gasteiger partial charge is 0.490 e. The van der Waals surface area contributed by atoms with Crippen molar-refractivity contribution in [3.05, 3.63) is 64.6 Å². The van der Waals surface area contributed by atoms with E-state index in [4.69, 9.17) is 9.47 Å². The summed E-state index contributed by atoms with van der Waals surface area (Å²) in [4.78, 5) is 0. The van der Waals surface area contributed by atoms with E-state index >= 15 is 0 Å². The zero-order valence-corrected chi connectivity index (χ0v) is 15.8. The Hall–Kier alpha value is -2.31. The number of fused-ring (bicyclic) bond motifs is 1. The highest BCUT2D eigenvalue weighted by molar-refractivity contribution is 7.92. The first-order chi connectivity index (χ1) is 12.4. The molecule has 6 heteroatoms. The summed E-state index contributed by atoms with van der Waals surface area (Å²) in [6, 6.07) is 12.8. The maximum absolute atomic E-state index is 12.3. The molecule has 1 aliphatic rings. The van der Waals surface area contributed by atoms with Gasteiger partial charge in [0.15, 0.2) is 11.5 Å². The number of aryl methyl sites for hydroxylation is 1. The first-order valence-corrected chi connectivity index (χ1v) is 10.1. The van der Waals surface area contributed by atoms with Crippen LogP contribution in [0.2, 0.25) is 0 Å². The molecule has 0 spiro atoms. The molecule has 0 aliphatic carbocycles. The molecule has 1 atom stereocenters. The average Bonchev–Trinajstić information content (AvgIpc) is 2.85. The van der Waals surface area contributed by atoms with Crippen molar-refractivity contribution in [1.82, 2.24) is 4.72 Å². The predicted octanol–water partition coefficient (Wildman–Crippen LogP) is 3.81. The van der Waals surface area contributed by atoms with Crippen LogP contribution in [0, 0.1) is 6.92 Å². The van der Waals surface area contributed by atoms with Gasteiger partial charge in [0.25, 0.3) is 0 Å². The fourth-order valence-corrected chi connectivity index (χ4v) is 3.69. The standard InChI is InChI=1S/C20H23NO4S/c1-15-4-6-17(7-5-15)10-13-26(22,23)21-16(2)18-8-9-19-20(14-18)25-12-3-11-24-19/h4-10,13-14,16,21H,3,11-12H2,1-2H3. The Labute approximate surface area is 154 Å². The van der Waals surface area contributed by atoms with Gasteiger partial charge in [0.05, 0.1) is 13.2 Å². The van der Waals surface area contributed by atoms with Crippen molar-refractivity contribution >= 4 is 16.1 Å². The Bertz CT molecular complexity index is 889. The van der Waals surface area contributed by atoms with Gasteiger partial charge in [-0.1, -0.05) is 35.9 Å². The molecule has 1 heterocycles. The van der Waals surface area contributed by atoms with Crippen LogP contribution in [0.25, 0.3) is 6.08 Å². The smallest absolute Gasteiger partial charge is 0.234 e. The van der Waals surface area contributed by atoms with E-state index in [9.17, 15) is 8.42 Å². The molecule has 0 saturated carbocycles. The van der Waals surface area contributed by atoms with Crippen molar-refractivity contribution in [3.8, 4) is 11.5 Å². The molecule has 2 aromatic rings. The third-order valence-electron chi connectivity index (χ3n) is 4.13. The summed E-state index contributed by atoms with van der Waals surface area (Å²) in [7, 11) is -3.57. The van der Waals surface area contributed by atoms with Gasteiger partial charge >= 0.3 is 0 Å². The molecular formula is C20H23NO4S. The molecule has 0 amide bonds. The molecular weight excluding hydrogens is 350 g/mol. The highest BCUT2D eigenvalue weighted by Crippen LogP contribution is 2.32. The van der Waals surface area contributed by atoms with Crippen LogP contribution in [0.15, 0.2) is 47.9 Å². The van der Waals surface area contributed by atoms with Gasteiger partial charge in [-0.25, -0.2) is 13.1 Å². The lowest BCUT2D eigenvalue weighted by atomic mass is 10.1. The molecule has 0 fully saturated rings. The first kappa shape index (κ1) is 18.5. The van der Waals surface area contributed by atoms with Gasteiger partial charge in [-0.05, 0) is 43.2 Å². The van der Waals surface area contributed by atoms with Gasteiger partial charge < -0.3 is 9.47 Å². The van der Waals surface area contributed by atoms with Crippen molar-refractivity contribution < 1.29 is 17.9 Å². The number of hydrogen-bond acceptors (Lipinski definition) is 4. The molecule has 0 aromatic heterocycles. The van der Waals surface area contributed by atoms with E-state index in [-0.39, 0.29) is 6.04 Å². The van der Waals surface area contributed by atoms with Crippen LogP contribution in [0.1, 0.15) is 36.1 Å². The minimum atomic E-state index is -3.57. The van der Waals surface area contributed by atoms with E-state index < -0.39 is 10.0 Å². The third kappa shape index (κ3) is 4.86. The van der Waals surface area contributed by atoms with E-state index in [1.165, 1.54) is 5.41 Å². The molecule has 0 bridgehead atoms. The summed E-state index contributed by atoms with van der Waals surface area (Å²) >= 11 is 0. The van der Waals surface area contributed by atoms with Crippen LogP contribution in [-0.4, -0.2) is 21.6 Å². The maximum atomic E-state index is 12.3. The minimum Gasteiger partial charge on any atom is -0.490 e. The van der Waals surface area contributed by atoms with E-state index in [1.54, 1.807) is 13.0 Å². The summed E-state index contributed by atoms with van der Waals surface area (Å²) in [6.45, 7) is 5.01. The second-order valence-corrected chi connectivity index (χ2v) is 7.95. The molecule has 3 rings (SSSR count). The topological polar surface area (TPSA) is 64.6 Å². The van der Waals surface area contributed by atoms with Crippen molar-refractivity contribution in [2.24, 2.45) is 0 Å². The fraction of sp³-hybridized carbons (Fsp3) is 0.300. The molecule has 0 radical (unpaired) electrons. The van der Waals surface area contributed by atoms with Crippen LogP contribution in [0.5, 0.6) is 11.5 Å². The van der Waals surface area contributed by atoms with Gasteiger partial charge in [-0.15, -0.1) is 0 Å². The molecule has 5 nitrogen and oxygen atoms in total. The number of benzene rings is 2. The normalized spacial score (nSPS) is 15.6. The second-order valence-electron chi connectivity index (χ2n) is 6.35. The zero-order valence-electron chi connectivity index (χ0n) is 14.9. The average molecular weight is 373 g/mol. The molecule has 2 aromatic carbocycles. The highest BCUT2D eigenvalue weighted by atomic mass is 32.2. The Kier molecular flexibility index (Phi) is 5.64. The van der Waals surface area contributed by atoms with Gasteiger partial charge in [-0.3, -0.25) is 0 Å². The summed E-state index contributed by atoms with van der Waals surface area (Å²) in [5.41, 5.74) is 2.79. The number of sulfonamides is 1. The summed E-state index contributed by atoms with van der Waals surface area (Å²) in [5, 5.41) is 1.19. The minimum absolute atomic E-state index is 0.389. The van der Waals surface area contributed by atoms with Gasteiger partial charge in [-0.2, -0.15) is 0 Å². The summed E-state index contributed by atoms with van der Waals surface area (Å²) in [5.74, 6) is 1.35. The Morgan fingerprint density at radius 1 is 1.04 bits per heavy atom. The SMILES string of the molecule is Cc1ccc(C=CS(=O)(=O)NC(C)c2ccc3c(c2)OCCCO3)cc1. The van der Waals surface area contributed by atoms with Crippen molar-refractivity contribution in [2.45, 2.75) is 26.3 Å². The summed E-state index contributed by atoms with van der Waals surface area (Å²) in [6.07, 6.45) is 2.42. The monoisotopic (exact) mass is 373 g/mol. The number of ether oxygens (including phenoxy) is 2. The van der Waals surface area contributed by atoms with Crippen LogP contribution < -0.4 is 14.2 Å². The van der Waals surface area contributed by atoms with E-state index in [2.05, 4.69) is 4.72 Å². The molecule has 1 unspecified atom stereocenters. The van der Waals surface area contributed by atoms with Crippen LogP contribution in [0.4, 0.5) is 0 Å². The van der Waals surface area contributed by atoms with Gasteiger partial charge in [0.2, 0.25) is 10.0 Å². The molecule has 26 heavy (non-hydrogen) atoms. The molecule has 0 saturated heterocycles. The van der Waals surface area contributed by atoms with Gasteiger partial charge in [0, 0.05) is 17.9 Å². The Balaban J connectivity index is 1.71. The van der Waals surface area contributed by atoms with E-state index in [0.29, 0.717) is 24.7 Å². The lowest BCUT2D eigenvalue weighted by molar-refractivity contribution is 0.297. The Morgan fingerprint density at radius 3 is 2.46 bits per heavy atom. The molecule has 1 aliphatic heterocycles. The lowest BCUT2D eigenvalue weighted by Gasteiger charge is -2.15. The summed E-state index contributed by atoms with van der Waals surface area (Å²) < 4.78 is 38.6. The van der Waals surface area contributed by atoms with E-state index in [0.717, 1.165) is 23.1 Å². The van der Waals surface area contributed by atoms with Crippen molar-refractivity contribution in [1.29, 1.82) is 0 Å². The first-order valence-electron chi connectivity index (χ1n) is 8.59. The highest BCUT2D eigenvalue weighted by Gasteiger charge is 2.17. The quantitative estimate of drug-likeness (QED) is 0.866. The van der Waals surface area contributed by atoms with Crippen LogP contribution in [0.3, 0.4) is 0 Å². The van der Waals surface area contributed by atoms with Crippen LogP contribution in [-0.2, 0) is 10.0 Å². The molecule has 1 N–H and O–H groups in total. The third-order valence-corrected chi connectivity index (χ3v) is 5.31.